The lowest BCUT2D eigenvalue weighted by Crippen LogP contribution is -2.48. The minimum Gasteiger partial charge on any atom is -0.338 e. The van der Waals surface area contributed by atoms with Crippen LogP contribution < -0.4 is 10.6 Å². The van der Waals surface area contributed by atoms with Crippen LogP contribution in [0.5, 0.6) is 0 Å². The Morgan fingerprint density at radius 1 is 1.41 bits per heavy atom. The van der Waals surface area contributed by atoms with Crippen LogP contribution in [0.15, 0.2) is 24.4 Å². The van der Waals surface area contributed by atoms with Crippen molar-refractivity contribution in [3.8, 4) is 0 Å². The maximum atomic E-state index is 6.10. The number of nitrogens with two attached hydrogens (primary N) is 1. The Kier molecular flexibility index (Phi) is 2.48. The van der Waals surface area contributed by atoms with Crippen LogP contribution in [0.3, 0.4) is 0 Å². The second-order valence-electron chi connectivity index (χ2n) is 4.79. The van der Waals surface area contributed by atoms with Crippen molar-refractivity contribution in [3.05, 3.63) is 24.4 Å². The van der Waals surface area contributed by atoms with E-state index in [1.807, 2.05) is 24.4 Å². The van der Waals surface area contributed by atoms with Gasteiger partial charge in [-0.2, -0.15) is 4.98 Å². The number of rotatable bonds is 1. The molecule has 1 fully saturated rings. The number of hydrogen-bond donors (Lipinski definition) is 1. The second kappa shape index (κ2) is 4.00. The molecule has 0 amide bonds. The molecule has 0 bridgehead atoms. The fourth-order valence-corrected chi connectivity index (χ4v) is 2.23. The van der Waals surface area contributed by atoms with E-state index >= 15 is 0 Å². The van der Waals surface area contributed by atoms with Crippen LogP contribution in [0.1, 0.15) is 13.3 Å². The standard InChI is InChI=1S/C12H17N5/c1-9-5-7-16(8-10(9)13)12-14-11-4-2-3-6-17(11)15-12/h2-4,6,9-10H,5,7-8,13H2,1H3. The van der Waals surface area contributed by atoms with Crippen LogP contribution >= 0.6 is 0 Å². The zero-order valence-electron chi connectivity index (χ0n) is 9.95. The molecule has 17 heavy (non-hydrogen) atoms. The molecule has 1 aliphatic heterocycles. The van der Waals surface area contributed by atoms with Crippen molar-refractivity contribution in [1.82, 2.24) is 14.6 Å². The van der Waals surface area contributed by atoms with Gasteiger partial charge in [-0.15, -0.1) is 5.10 Å². The summed E-state index contributed by atoms with van der Waals surface area (Å²) >= 11 is 0. The second-order valence-corrected chi connectivity index (χ2v) is 4.79. The van der Waals surface area contributed by atoms with Crippen molar-refractivity contribution in [2.45, 2.75) is 19.4 Å². The maximum absolute atomic E-state index is 6.10. The minimum absolute atomic E-state index is 0.218. The third kappa shape index (κ3) is 1.86. The van der Waals surface area contributed by atoms with Gasteiger partial charge in [-0.05, 0) is 24.5 Å². The monoisotopic (exact) mass is 231 g/mol. The smallest absolute Gasteiger partial charge is 0.245 e. The van der Waals surface area contributed by atoms with Crippen LogP contribution in [0.2, 0.25) is 0 Å². The molecule has 0 saturated carbocycles. The fourth-order valence-electron chi connectivity index (χ4n) is 2.23. The van der Waals surface area contributed by atoms with Crippen molar-refractivity contribution in [2.24, 2.45) is 11.7 Å². The SMILES string of the molecule is CC1CCN(c2nc3ccccn3n2)CC1N. The first kappa shape index (κ1) is 10.5. The van der Waals surface area contributed by atoms with Crippen molar-refractivity contribution >= 4 is 11.6 Å². The molecule has 2 aromatic rings. The number of pyridine rings is 1. The molecule has 0 aromatic carbocycles. The van der Waals surface area contributed by atoms with Gasteiger partial charge in [-0.3, -0.25) is 0 Å². The number of anilines is 1. The molecule has 5 heteroatoms. The quantitative estimate of drug-likeness (QED) is 0.792. The van der Waals surface area contributed by atoms with Crippen LogP contribution in [0, 0.1) is 5.92 Å². The molecular weight excluding hydrogens is 214 g/mol. The van der Waals surface area contributed by atoms with Gasteiger partial charge < -0.3 is 10.6 Å². The molecule has 3 heterocycles. The van der Waals surface area contributed by atoms with Gasteiger partial charge in [0.1, 0.15) is 0 Å². The molecule has 3 rings (SSSR count). The molecule has 2 unspecified atom stereocenters. The highest BCUT2D eigenvalue weighted by Gasteiger charge is 2.25. The van der Waals surface area contributed by atoms with Gasteiger partial charge in [-0.1, -0.05) is 13.0 Å². The van der Waals surface area contributed by atoms with E-state index in [9.17, 15) is 0 Å². The summed E-state index contributed by atoms with van der Waals surface area (Å²) in [5, 5.41) is 4.47. The van der Waals surface area contributed by atoms with E-state index in [0.717, 1.165) is 31.1 Å². The number of nitrogens with zero attached hydrogens (tertiary/aromatic N) is 4. The predicted octanol–water partition coefficient (Wildman–Crippen LogP) is 0.903. The summed E-state index contributed by atoms with van der Waals surface area (Å²) in [6.45, 7) is 4.04. The maximum Gasteiger partial charge on any atom is 0.245 e. The zero-order valence-corrected chi connectivity index (χ0v) is 9.95. The first-order valence-electron chi connectivity index (χ1n) is 6.06. The molecule has 2 N–H and O–H groups in total. The summed E-state index contributed by atoms with van der Waals surface area (Å²) in [7, 11) is 0. The third-order valence-corrected chi connectivity index (χ3v) is 3.53. The van der Waals surface area contributed by atoms with E-state index in [0.29, 0.717) is 5.92 Å². The fraction of sp³-hybridized carbons (Fsp3) is 0.500. The van der Waals surface area contributed by atoms with Crippen molar-refractivity contribution in [2.75, 3.05) is 18.0 Å². The van der Waals surface area contributed by atoms with Crippen LogP contribution in [-0.4, -0.2) is 33.7 Å². The molecule has 5 nitrogen and oxygen atoms in total. The van der Waals surface area contributed by atoms with Gasteiger partial charge in [0.05, 0.1) is 0 Å². The van der Waals surface area contributed by atoms with Gasteiger partial charge in [0.2, 0.25) is 5.95 Å². The third-order valence-electron chi connectivity index (χ3n) is 3.53. The molecule has 2 aromatic heterocycles. The Hall–Kier alpha value is -1.62. The number of aromatic nitrogens is 3. The lowest BCUT2D eigenvalue weighted by Gasteiger charge is -2.34. The highest BCUT2D eigenvalue weighted by atomic mass is 15.4. The Bertz CT molecular complexity index is 487. The van der Waals surface area contributed by atoms with Gasteiger partial charge in [-0.25, -0.2) is 4.52 Å². The molecule has 0 spiro atoms. The van der Waals surface area contributed by atoms with Crippen LogP contribution in [-0.2, 0) is 0 Å². The van der Waals surface area contributed by atoms with E-state index < -0.39 is 0 Å². The molecule has 1 aliphatic rings. The largest absolute Gasteiger partial charge is 0.338 e. The molecule has 1 saturated heterocycles. The lowest BCUT2D eigenvalue weighted by molar-refractivity contribution is 0.376. The average molecular weight is 231 g/mol. The van der Waals surface area contributed by atoms with E-state index in [-0.39, 0.29) is 6.04 Å². The van der Waals surface area contributed by atoms with E-state index in [4.69, 9.17) is 5.73 Å². The summed E-state index contributed by atoms with van der Waals surface area (Å²) in [5.74, 6) is 1.38. The van der Waals surface area contributed by atoms with E-state index in [1.165, 1.54) is 0 Å². The van der Waals surface area contributed by atoms with Gasteiger partial charge in [0.25, 0.3) is 0 Å². The molecule has 2 atom stereocenters. The average Bonchev–Trinajstić information content (AvgIpc) is 2.76. The van der Waals surface area contributed by atoms with E-state index in [1.54, 1.807) is 4.52 Å². The van der Waals surface area contributed by atoms with Crippen LogP contribution in [0.25, 0.3) is 5.65 Å². The van der Waals surface area contributed by atoms with Crippen molar-refractivity contribution in [1.29, 1.82) is 0 Å². The lowest BCUT2D eigenvalue weighted by atomic mass is 9.95. The highest BCUT2D eigenvalue weighted by Crippen LogP contribution is 2.20. The van der Waals surface area contributed by atoms with Gasteiger partial charge in [0, 0.05) is 25.3 Å². The normalized spacial score (nSPS) is 25.4. The highest BCUT2D eigenvalue weighted by molar-refractivity contribution is 5.44. The van der Waals surface area contributed by atoms with Crippen molar-refractivity contribution in [3.63, 3.8) is 0 Å². The van der Waals surface area contributed by atoms with Crippen molar-refractivity contribution < 1.29 is 0 Å². The number of piperidine rings is 1. The zero-order chi connectivity index (χ0) is 11.8. The molecule has 90 valence electrons. The summed E-state index contributed by atoms with van der Waals surface area (Å²) in [6.07, 6.45) is 3.02. The summed E-state index contributed by atoms with van der Waals surface area (Å²) in [5.41, 5.74) is 6.98. The van der Waals surface area contributed by atoms with Crippen LogP contribution in [0.4, 0.5) is 5.95 Å². The minimum atomic E-state index is 0.218. The number of hydrogen-bond acceptors (Lipinski definition) is 4. The molecular formula is C12H17N5. The summed E-state index contributed by atoms with van der Waals surface area (Å²) in [6, 6.07) is 6.10. The first-order valence-corrected chi connectivity index (χ1v) is 6.06. The van der Waals surface area contributed by atoms with E-state index in [2.05, 4.69) is 21.9 Å². The predicted molar refractivity (Wildman–Crippen MR) is 67.0 cm³/mol. The summed E-state index contributed by atoms with van der Waals surface area (Å²) < 4.78 is 1.80. The molecule has 0 aliphatic carbocycles. The Labute approximate surface area is 100 Å². The summed E-state index contributed by atoms with van der Waals surface area (Å²) in [4.78, 5) is 6.70. The molecule has 0 radical (unpaired) electrons. The topological polar surface area (TPSA) is 59.5 Å². The Balaban J connectivity index is 1.88. The Morgan fingerprint density at radius 2 is 2.29 bits per heavy atom. The van der Waals surface area contributed by atoms with Gasteiger partial charge in [0.15, 0.2) is 5.65 Å². The Morgan fingerprint density at radius 3 is 3.06 bits per heavy atom. The number of fused-ring (bicyclic) bond motifs is 1. The van der Waals surface area contributed by atoms with Gasteiger partial charge >= 0.3 is 0 Å². The first-order chi connectivity index (χ1) is 8.24.